The third-order valence-electron chi connectivity index (χ3n) is 6.17. The van der Waals surface area contributed by atoms with Crippen molar-refractivity contribution in [3.8, 4) is 16.9 Å². The van der Waals surface area contributed by atoms with Crippen LogP contribution in [0.4, 0.5) is 4.79 Å². The lowest BCUT2D eigenvalue weighted by molar-refractivity contribution is -0.130. The van der Waals surface area contributed by atoms with Crippen molar-refractivity contribution in [2.24, 2.45) is 0 Å². The summed E-state index contributed by atoms with van der Waals surface area (Å²) >= 11 is 5.94. The number of ether oxygens (including phenoxy) is 1. The normalized spacial score (nSPS) is 13.9. The Balaban J connectivity index is 1.17. The molecule has 1 heterocycles. The molecule has 0 spiro atoms. The van der Waals surface area contributed by atoms with Crippen LogP contribution in [0.15, 0.2) is 72.8 Å². The molecule has 7 heteroatoms. The van der Waals surface area contributed by atoms with Crippen LogP contribution in [0, 0.1) is 0 Å². The van der Waals surface area contributed by atoms with Gasteiger partial charge in [0.15, 0.2) is 0 Å². The molecule has 0 aromatic heterocycles. The highest BCUT2D eigenvalue weighted by molar-refractivity contribution is 6.30. The summed E-state index contributed by atoms with van der Waals surface area (Å²) in [6.45, 7) is 6.39. The van der Waals surface area contributed by atoms with E-state index in [9.17, 15) is 9.59 Å². The monoisotopic (exact) mass is 491 g/mol. The molecule has 0 atom stereocenters. The molecule has 1 N–H and O–H groups in total. The summed E-state index contributed by atoms with van der Waals surface area (Å²) in [5.41, 5.74) is 4.48. The van der Waals surface area contributed by atoms with Gasteiger partial charge in [-0.05, 0) is 52.9 Å². The smallest absolute Gasteiger partial charge is 0.410 e. The van der Waals surface area contributed by atoms with Crippen LogP contribution in [0.1, 0.15) is 18.1 Å². The number of hydrogen-bond acceptors (Lipinski definition) is 4. The Morgan fingerprint density at radius 1 is 0.829 bits per heavy atom. The largest absolute Gasteiger partial charge is 0.412 e. The average molecular weight is 492 g/mol. The topological polar surface area (TPSA) is 61.9 Å². The third-order valence-corrected chi connectivity index (χ3v) is 6.42. The van der Waals surface area contributed by atoms with Gasteiger partial charge in [0.05, 0.1) is 0 Å². The first-order chi connectivity index (χ1) is 17.0. The molecular formula is C28H30ClN3O3. The SMILES string of the molecule is CC(=O)N1CCN(Cc2ccc(CCNC(=O)Oc3ccc(-c4ccc(Cl)cc4)cc3)cc2)CC1. The number of hydrogen-bond donors (Lipinski definition) is 1. The van der Waals surface area contributed by atoms with Crippen LogP contribution in [0.3, 0.4) is 0 Å². The van der Waals surface area contributed by atoms with Gasteiger partial charge in [-0.25, -0.2) is 4.79 Å². The second kappa shape index (κ2) is 11.9. The van der Waals surface area contributed by atoms with Gasteiger partial charge in [0.2, 0.25) is 5.91 Å². The summed E-state index contributed by atoms with van der Waals surface area (Å²) in [5.74, 6) is 0.646. The second-order valence-corrected chi connectivity index (χ2v) is 9.13. The molecular weight excluding hydrogens is 462 g/mol. The van der Waals surface area contributed by atoms with E-state index in [0.717, 1.165) is 55.8 Å². The Hall–Kier alpha value is -3.35. The van der Waals surface area contributed by atoms with E-state index in [0.29, 0.717) is 17.3 Å². The number of amides is 2. The Labute approximate surface area is 211 Å². The van der Waals surface area contributed by atoms with Gasteiger partial charge in [-0.2, -0.15) is 0 Å². The molecule has 1 aliphatic rings. The predicted molar refractivity (Wildman–Crippen MR) is 139 cm³/mol. The molecule has 1 saturated heterocycles. The summed E-state index contributed by atoms with van der Waals surface area (Å²) in [5, 5.41) is 3.51. The van der Waals surface area contributed by atoms with Crippen LogP contribution in [-0.4, -0.2) is 54.5 Å². The maximum absolute atomic E-state index is 12.2. The summed E-state index contributed by atoms with van der Waals surface area (Å²) in [6.07, 6.45) is 0.257. The predicted octanol–water partition coefficient (Wildman–Crippen LogP) is 5.00. The summed E-state index contributed by atoms with van der Waals surface area (Å²) in [4.78, 5) is 27.9. The molecule has 1 fully saturated rings. The van der Waals surface area contributed by atoms with Gasteiger partial charge >= 0.3 is 6.09 Å². The van der Waals surface area contributed by atoms with E-state index in [4.69, 9.17) is 16.3 Å². The van der Waals surface area contributed by atoms with E-state index in [-0.39, 0.29) is 5.91 Å². The molecule has 0 bridgehead atoms. The number of nitrogens with one attached hydrogen (secondary N) is 1. The van der Waals surface area contributed by atoms with E-state index in [1.165, 1.54) is 5.56 Å². The van der Waals surface area contributed by atoms with E-state index in [2.05, 4.69) is 34.5 Å². The third kappa shape index (κ3) is 7.31. The van der Waals surface area contributed by atoms with E-state index < -0.39 is 6.09 Å². The standard InChI is InChI=1S/C28H30ClN3O3/c1-21(33)32-18-16-31(17-19-32)20-23-4-2-22(3-5-23)14-15-30-28(34)35-27-12-8-25(9-13-27)24-6-10-26(29)11-7-24/h2-13H,14-20H2,1H3,(H,30,34). The zero-order chi connectivity index (χ0) is 24.6. The van der Waals surface area contributed by atoms with Crippen LogP contribution < -0.4 is 10.1 Å². The van der Waals surface area contributed by atoms with Gasteiger partial charge in [-0.1, -0.05) is 60.1 Å². The quantitative estimate of drug-likeness (QED) is 0.505. The molecule has 6 nitrogen and oxygen atoms in total. The minimum absolute atomic E-state index is 0.151. The summed E-state index contributed by atoms with van der Waals surface area (Å²) in [6, 6.07) is 23.5. The fourth-order valence-corrected chi connectivity index (χ4v) is 4.23. The molecule has 3 aromatic rings. The first-order valence-corrected chi connectivity index (χ1v) is 12.2. The molecule has 4 rings (SSSR count). The first kappa shape index (κ1) is 24.8. The van der Waals surface area contributed by atoms with Crippen molar-refractivity contribution in [2.75, 3.05) is 32.7 Å². The fourth-order valence-electron chi connectivity index (χ4n) is 4.10. The molecule has 35 heavy (non-hydrogen) atoms. The van der Waals surface area contributed by atoms with Crippen molar-refractivity contribution >= 4 is 23.6 Å². The molecule has 2 amide bonds. The maximum atomic E-state index is 12.2. The number of halogens is 1. The van der Waals surface area contributed by atoms with Crippen molar-refractivity contribution in [2.45, 2.75) is 19.9 Å². The van der Waals surface area contributed by atoms with Crippen molar-refractivity contribution in [1.82, 2.24) is 15.1 Å². The lowest BCUT2D eigenvalue weighted by Gasteiger charge is -2.34. The van der Waals surface area contributed by atoms with Crippen LogP contribution in [0.2, 0.25) is 5.02 Å². The summed E-state index contributed by atoms with van der Waals surface area (Å²) < 4.78 is 5.39. The number of rotatable bonds is 7. The maximum Gasteiger partial charge on any atom is 0.412 e. The highest BCUT2D eigenvalue weighted by Crippen LogP contribution is 2.24. The van der Waals surface area contributed by atoms with Gasteiger partial charge in [0.1, 0.15) is 5.75 Å². The number of benzene rings is 3. The highest BCUT2D eigenvalue weighted by atomic mass is 35.5. The minimum Gasteiger partial charge on any atom is -0.410 e. The van der Waals surface area contributed by atoms with E-state index in [1.54, 1.807) is 19.1 Å². The van der Waals surface area contributed by atoms with Crippen molar-refractivity contribution in [3.05, 3.63) is 88.9 Å². The zero-order valence-electron chi connectivity index (χ0n) is 19.9. The number of carbonyl (C=O) groups excluding carboxylic acids is 2. The summed E-state index contributed by atoms with van der Waals surface area (Å²) in [7, 11) is 0. The van der Waals surface area contributed by atoms with Gasteiger partial charge < -0.3 is 15.0 Å². The molecule has 0 saturated carbocycles. The molecule has 182 valence electrons. The molecule has 3 aromatic carbocycles. The lowest BCUT2D eigenvalue weighted by Crippen LogP contribution is -2.47. The lowest BCUT2D eigenvalue weighted by atomic mass is 10.1. The number of carbonyl (C=O) groups is 2. The van der Waals surface area contributed by atoms with Gasteiger partial charge in [-0.3, -0.25) is 9.69 Å². The van der Waals surface area contributed by atoms with Crippen molar-refractivity contribution in [1.29, 1.82) is 0 Å². The van der Waals surface area contributed by atoms with Crippen LogP contribution >= 0.6 is 11.6 Å². The number of nitrogens with zero attached hydrogens (tertiary/aromatic N) is 2. The minimum atomic E-state index is -0.467. The van der Waals surface area contributed by atoms with Gasteiger partial charge in [-0.15, -0.1) is 0 Å². The van der Waals surface area contributed by atoms with Gasteiger partial charge in [0.25, 0.3) is 0 Å². The van der Waals surface area contributed by atoms with Crippen molar-refractivity contribution in [3.63, 3.8) is 0 Å². The Bertz CT molecular complexity index is 1120. The van der Waals surface area contributed by atoms with E-state index >= 15 is 0 Å². The van der Waals surface area contributed by atoms with Gasteiger partial charge in [0, 0.05) is 51.2 Å². The molecule has 0 aliphatic carbocycles. The molecule has 0 unspecified atom stereocenters. The van der Waals surface area contributed by atoms with Crippen LogP contribution in [0.5, 0.6) is 5.75 Å². The average Bonchev–Trinajstić information content (AvgIpc) is 2.86. The Morgan fingerprint density at radius 3 is 2.00 bits per heavy atom. The number of piperazine rings is 1. The van der Waals surface area contributed by atoms with E-state index in [1.807, 2.05) is 41.3 Å². The Kier molecular flexibility index (Phi) is 8.40. The molecule has 0 radical (unpaired) electrons. The first-order valence-electron chi connectivity index (χ1n) is 11.8. The van der Waals surface area contributed by atoms with Crippen LogP contribution in [-0.2, 0) is 17.8 Å². The Morgan fingerprint density at radius 2 is 1.40 bits per heavy atom. The van der Waals surface area contributed by atoms with Crippen molar-refractivity contribution < 1.29 is 14.3 Å². The fraction of sp³-hybridized carbons (Fsp3) is 0.286. The highest BCUT2D eigenvalue weighted by Gasteiger charge is 2.18. The second-order valence-electron chi connectivity index (χ2n) is 8.70. The molecule has 1 aliphatic heterocycles. The van der Waals surface area contributed by atoms with Crippen LogP contribution in [0.25, 0.3) is 11.1 Å². The zero-order valence-corrected chi connectivity index (χ0v) is 20.6.